The van der Waals surface area contributed by atoms with Crippen LogP contribution in [0.15, 0.2) is 84.9 Å². The van der Waals surface area contributed by atoms with Gasteiger partial charge in [-0.15, -0.1) is 0 Å². The second-order valence-corrected chi connectivity index (χ2v) is 9.33. The molecule has 1 N–H and O–H groups in total. The Labute approximate surface area is 234 Å². The predicted octanol–water partition coefficient (Wildman–Crippen LogP) is 5.48. The van der Waals surface area contributed by atoms with Gasteiger partial charge in [-0.3, -0.25) is 4.79 Å². The number of anilines is 2. The van der Waals surface area contributed by atoms with Crippen LogP contribution in [-0.2, 0) is 11.2 Å². The third-order valence-electron chi connectivity index (χ3n) is 6.73. The van der Waals surface area contributed by atoms with Crippen LogP contribution in [0.3, 0.4) is 0 Å². The fourth-order valence-electron chi connectivity index (χ4n) is 4.57. The molecule has 0 radical (unpaired) electrons. The highest BCUT2D eigenvalue weighted by molar-refractivity contribution is 6.05. The lowest BCUT2D eigenvalue weighted by Gasteiger charge is -2.28. The minimum Gasteiger partial charge on any atom is -0.493 e. The van der Waals surface area contributed by atoms with Gasteiger partial charge in [0, 0.05) is 48.1 Å². The fourth-order valence-corrected chi connectivity index (χ4v) is 4.57. The van der Waals surface area contributed by atoms with E-state index in [0.29, 0.717) is 36.0 Å². The zero-order valence-electron chi connectivity index (χ0n) is 22.8. The normalized spacial score (nSPS) is 13.0. The highest BCUT2D eigenvalue weighted by Crippen LogP contribution is 2.28. The second kappa shape index (κ2) is 13.0. The molecule has 0 unspecified atom stereocenters. The van der Waals surface area contributed by atoms with Crippen molar-refractivity contribution in [3.05, 3.63) is 96.1 Å². The van der Waals surface area contributed by atoms with Crippen molar-refractivity contribution in [2.75, 3.05) is 57.3 Å². The van der Waals surface area contributed by atoms with Crippen LogP contribution in [-0.4, -0.2) is 58.0 Å². The van der Waals surface area contributed by atoms with Gasteiger partial charge in [-0.1, -0.05) is 24.3 Å². The Kier molecular flexibility index (Phi) is 8.78. The first-order valence-corrected chi connectivity index (χ1v) is 13.3. The number of methoxy groups -OCH3 is 2. The van der Waals surface area contributed by atoms with Gasteiger partial charge in [-0.2, -0.15) is 0 Å². The van der Waals surface area contributed by atoms with Crippen LogP contribution in [0.5, 0.6) is 17.4 Å². The Morgan fingerprint density at radius 2 is 1.68 bits per heavy atom. The SMILES string of the molecule is COc1ccc(CCOc2cccc(-c3cccc(C(=O)Nc4ccc(N5CCOCC5)cc4)c3)n2)cc1OC. The van der Waals surface area contributed by atoms with E-state index in [1.165, 1.54) is 0 Å². The molecule has 0 bridgehead atoms. The van der Waals surface area contributed by atoms with E-state index in [1.54, 1.807) is 20.3 Å². The predicted molar refractivity (Wildman–Crippen MR) is 156 cm³/mol. The number of rotatable bonds is 10. The van der Waals surface area contributed by atoms with Crippen LogP contribution in [0.4, 0.5) is 11.4 Å². The topological polar surface area (TPSA) is 82.2 Å². The third kappa shape index (κ3) is 6.71. The molecule has 1 fully saturated rings. The van der Waals surface area contributed by atoms with Gasteiger partial charge in [0.2, 0.25) is 5.88 Å². The molecule has 1 aromatic heterocycles. The summed E-state index contributed by atoms with van der Waals surface area (Å²) in [6.45, 7) is 3.67. The molecule has 5 rings (SSSR count). The van der Waals surface area contributed by atoms with Gasteiger partial charge in [0.15, 0.2) is 11.5 Å². The molecular formula is C32H33N3O5. The molecule has 8 heteroatoms. The first-order valence-electron chi connectivity index (χ1n) is 13.3. The van der Waals surface area contributed by atoms with E-state index in [-0.39, 0.29) is 5.91 Å². The van der Waals surface area contributed by atoms with E-state index in [1.807, 2.05) is 78.9 Å². The van der Waals surface area contributed by atoms with Crippen LogP contribution in [0.25, 0.3) is 11.3 Å². The van der Waals surface area contributed by atoms with Crippen molar-refractivity contribution in [3.8, 4) is 28.6 Å². The molecule has 1 aliphatic heterocycles. The standard InChI is InChI=1S/C32H33N3O5/c1-37-29-14-9-23(21-30(29)38-2)15-18-40-31-8-4-7-28(34-31)24-5-3-6-25(22-24)32(36)33-26-10-12-27(13-11-26)35-16-19-39-20-17-35/h3-14,21-22H,15-20H2,1-2H3,(H,33,36). The number of morpholine rings is 1. The summed E-state index contributed by atoms with van der Waals surface area (Å²) in [5, 5.41) is 2.99. The molecule has 1 aliphatic rings. The lowest BCUT2D eigenvalue weighted by Crippen LogP contribution is -2.36. The van der Waals surface area contributed by atoms with Crippen molar-refractivity contribution >= 4 is 17.3 Å². The first-order chi connectivity index (χ1) is 19.6. The van der Waals surface area contributed by atoms with Gasteiger partial charge in [0.05, 0.1) is 39.7 Å². The average molecular weight is 540 g/mol. The average Bonchev–Trinajstić information content (AvgIpc) is 3.02. The van der Waals surface area contributed by atoms with Crippen molar-refractivity contribution < 1.29 is 23.7 Å². The number of amides is 1. The maximum absolute atomic E-state index is 13.0. The maximum atomic E-state index is 13.0. The molecule has 40 heavy (non-hydrogen) atoms. The van der Waals surface area contributed by atoms with Crippen molar-refractivity contribution in [1.29, 1.82) is 0 Å². The molecule has 0 saturated carbocycles. The number of carbonyl (C=O) groups is 1. The minimum atomic E-state index is -0.178. The summed E-state index contributed by atoms with van der Waals surface area (Å²) < 4.78 is 22.0. The van der Waals surface area contributed by atoms with Crippen LogP contribution in [0.1, 0.15) is 15.9 Å². The fraction of sp³-hybridized carbons (Fsp3) is 0.250. The number of nitrogens with one attached hydrogen (secondary N) is 1. The van der Waals surface area contributed by atoms with Gasteiger partial charge in [0.1, 0.15) is 0 Å². The summed E-state index contributed by atoms with van der Waals surface area (Å²) in [7, 11) is 3.24. The summed E-state index contributed by atoms with van der Waals surface area (Å²) in [6, 6.07) is 26.8. The molecule has 8 nitrogen and oxygen atoms in total. The van der Waals surface area contributed by atoms with Crippen molar-refractivity contribution in [1.82, 2.24) is 4.98 Å². The molecule has 0 aliphatic carbocycles. The molecule has 2 heterocycles. The van der Waals surface area contributed by atoms with Gasteiger partial charge >= 0.3 is 0 Å². The summed E-state index contributed by atoms with van der Waals surface area (Å²) in [5.41, 5.74) is 5.06. The number of nitrogens with zero attached hydrogens (tertiary/aromatic N) is 2. The molecule has 1 amide bonds. The molecule has 4 aromatic rings. The zero-order chi connectivity index (χ0) is 27.7. The highest BCUT2D eigenvalue weighted by Gasteiger charge is 2.13. The van der Waals surface area contributed by atoms with E-state index >= 15 is 0 Å². The summed E-state index contributed by atoms with van der Waals surface area (Å²) in [4.78, 5) is 20.0. The molecule has 3 aromatic carbocycles. The van der Waals surface area contributed by atoms with Crippen LogP contribution < -0.4 is 24.4 Å². The Morgan fingerprint density at radius 1 is 0.900 bits per heavy atom. The number of pyridine rings is 1. The lowest BCUT2D eigenvalue weighted by atomic mass is 10.1. The van der Waals surface area contributed by atoms with Gasteiger partial charge < -0.3 is 29.2 Å². The lowest BCUT2D eigenvalue weighted by molar-refractivity contribution is 0.102. The van der Waals surface area contributed by atoms with Gasteiger partial charge in [-0.25, -0.2) is 4.98 Å². The quantitative estimate of drug-likeness (QED) is 0.286. The third-order valence-corrected chi connectivity index (χ3v) is 6.73. The number of hydrogen-bond acceptors (Lipinski definition) is 7. The van der Waals surface area contributed by atoms with E-state index < -0.39 is 0 Å². The van der Waals surface area contributed by atoms with E-state index in [4.69, 9.17) is 18.9 Å². The van der Waals surface area contributed by atoms with Crippen LogP contribution in [0.2, 0.25) is 0 Å². The van der Waals surface area contributed by atoms with Gasteiger partial charge in [0.25, 0.3) is 5.91 Å². The number of carbonyl (C=O) groups excluding carboxylic acids is 1. The Morgan fingerprint density at radius 3 is 2.45 bits per heavy atom. The summed E-state index contributed by atoms with van der Waals surface area (Å²) in [5.74, 6) is 1.73. The van der Waals surface area contributed by atoms with Crippen molar-refractivity contribution in [2.24, 2.45) is 0 Å². The number of ether oxygens (including phenoxy) is 4. The summed E-state index contributed by atoms with van der Waals surface area (Å²) in [6.07, 6.45) is 0.690. The van der Waals surface area contributed by atoms with Crippen LogP contribution >= 0.6 is 0 Å². The Bertz CT molecular complexity index is 1430. The number of benzene rings is 3. The Balaban J connectivity index is 1.20. The zero-order valence-corrected chi connectivity index (χ0v) is 22.8. The molecule has 0 atom stereocenters. The van der Waals surface area contributed by atoms with Crippen molar-refractivity contribution in [2.45, 2.75) is 6.42 Å². The first kappa shape index (κ1) is 27.0. The van der Waals surface area contributed by atoms with Crippen molar-refractivity contribution in [3.63, 3.8) is 0 Å². The molecule has 0 spiro atoms. The number of hydrogen-bond donors (Lipinski definition) is 1. The minimum absolute atomic E-state index is 0.178. The van der Waals surface area contributed by atoms with Gasteiger partial charge in [-0.05, 0) is 60.2 Å². The van der Waals surface area contributed by atoms with Crippen LogP contribution in [0, 0.1) is 0 Å². The summed E-state index contributed by atoms with van der Waals surface area (Å²) >= 11 is 0. The second-order valence-electron chi connectivity index (χ2n) is 9.33. The number of aromatic nitrogens is 1. The van der Waals surface area contributed by atoms with E-state index in [2.05, 4.69) is 15.2 Å². The van der Waals surface area contributed by atoms with E-state index in [0.717, 1.165) is 54.5 Å². The van der Waals surface area contributed by atoms with E-state index in [9.17, 15) is 4.79 Å². The molecule has 1 saturated heterocycles. The Hall–Kier alpha value is -4.56. The smallest absolute Gasteiger partial charge is 0.255 e. The monoisotopic (exact) mass is 539 g/mol. The maximum Gasteiger partial charge on any atom is 0.255 e. The highest BCUT2D eigenvalue weighted by atomic mass is 16.5. The largest absolute Gasteiger partial charge is 0.493 e. The molecule has 206 valence electrons. The molecular weight excluding hydrogens is 506 g/mol.